The Hall–Kier alpha value is -1.96. The minimum atomic E-state index is 1.14. The second-order valence-corrected chi connectivity index (χ2v) is 4.80. The molecule has 2 heteroatoms. The topological polar surface area (TPSA) is 15.3 Å². The van der Waals surface area contributed by atoms with E-state index in [1.54, 1.807) is 0 Å². The highest BCUT2D eigenvalue weighted by molar-refractivity contribution is 5.77. The summed E-state index contributed by atoms with van der Waals surface area (Å²) in [6.07, 6.45) is 0. The zero-order chi connectivity index (χ0) is 13.1. The van der Waals surface area contributed by atoms with Gasteiger partial charge in [-0.25, -0.2) is 0 Å². The molecule has 0 spiro atoms. The lowest BCUT2D eigenvalue weighted by Crippen LogP contribution is -2.11. The molecule has 0 atom stereocenters. The van der Waals surface area contributed by atoms with Gasteiger partial charge in [-0.3, -0.25) is 0 Å². The predicted molar refractivity (Wildman–Crippen MR) is 80.0 cm³/mol. The number of aryl methyl sites for hydroxylation is 2. The molecule has 0 aliphatic rings. The molecule has 0 bridgehead atoms. The van der Waals surface area contributed by atoms with Gasteiger partial charge in [0.1, 0.15) is 0 Å². The maximum absolute atomic E-state index is 3.55. The molecule has 18 heavy (non-hydrogen) atoms. The summed E-state index contributed by atoms with van der Waals surface area (Å²) in [5.41, 5.74) is 6.07. The predicted octanol–water partition coefficient (Wildman–Crippen LogP) is 4.11. The molecule has 0 saturated heterocycles. The van der Waals surface area contributed by atoms with Crippen LogP contribution in [0.15, 0.2) is 42.5 Å². The molecule has 0 aliphatic heterocycles. The third-order valence-corrected chi connectivity index (χ3v) is 3.13. The van der Waals surface area contributed by atoms with Crippen molar-refractivity contribution in [2.24, 2.45) is 0 Å². The van der Waals surface area contributed by atoms with Gasteiger partial charge in [0.05, 0.1) is 11.4 Å². The third kappa shape index (κ3) is 2.48. The summed E-state index contributed by atoms with van der Waals surface area (Å²) in [5.74, 6) is 0. The third-order valence-electron chi connectivity index (χ3n) is 3.13. The van der Waals surface area contributed by atoms with Gasteiger partial charge in [0.2, 0.25) is 0 Å². The van der Waals surface area contributed by atoms with Crippen LogP contribution in [0.25, 0.3) is 0 Å². The van der Waals surface area contributed by atoms with Gasteiger partial charge in [-0.15, -0.1) is 0 Å². The van der Waals surface area contributed by atoms with E-state index < -0.39 is 0 Å². The monoisotopic (exact) mass is 240 g/mol. The molecule has 2 aromatic carbocycles. The van der Waals surface area contributed by atoms with E-state index in [9.17, 15) is 0 Å². The molecule has 0 fully saturated rings. The van der Waals surface area contributed by atoms with E-state index in [0.29, 0.717) is 0 Å². The average Bonchev–Trinajstić information content (AvgIpc) is 2.34. The molecule has 0 amide bonds. The van der Waals surface area contributed by atoms with E-state index in [1.165, 1.54) is 22.5 Å². The van der Waals surface area contributed by atoms with Crippen molar-refractivity contribution in [2.45, 2.75) is 13.8 Å². The molecule has 0 radical (unpaired) electrons. The fourth-order valence-corrected chi connectivity index (χ4v) is 2.12. The van der Waals surface area contributed by atoms with Crippen molar-refractivity contribution in [3.63, 3.8) is 0 Å². The van der Waals surface area contributed by atoms with E-state index in [1.807, 2.05) is 0 Å². The Morgan fingerprint density at radius 1 is 0.833 bits per heavy atom. The Balaban J connectivity index is 2.40. The maximum atomic E-state index is 3.55. The van der Waals surface area contributed by atoms with Crippen LogP contribution < -0.4 is 10.2 Å². The number of hydrogen-bond donors (Lipinski definition) is 1. The van der Waals surface area contributed by atoms with E-state index >= 15 is 0 Å². The van der Waals surface area contributed by atoms with Crippen LogP contribution in [0.4, 0.5) is 17.1 Å². The highest BCUT2D eigenvalue weighted by Gasteiger charge is 2.06. The van der Waals surface area contributed by atoms with Crippen LogP contribution >= 0.6 is 0 Å². The standard InChI is InChI=1S/C16H20N2/c1-12-8-7-9-13(2)16(12)17-14-10-5-6-11-15(14)18(3)4/h5-11,17H,1-4H3. The van der Waals surface area contributed by atoms with Crippen LogP contribution in [0.3, 0.4) is 0 Å². The van der Waals surface area contributed by atoms with Gasteiger partial charge in [-0.2, -0.15) is 0 Å². The van der Waals surface area contributed by atoms with Crippen LogP contribution in [0.1, 0.15) is 11.1 Å². The molecule has 0 heterocycles. The fraction of sp³-hybridized carbons (Fsp3) is 0.250. The van der Waals surface area contributed by atoms with Gasteiger partial charge < -0.3 is 10.2 Å². The summed E-state index contributed by atoms with van der Waals surface area (Å²) < 4.78 is 0. The molecule has 0 aromatic heterocycles. The number of para-hydroxylation sites is 3. The molecule has 0 unspecified atom stereocenters. The Kier molecular flexibility index (Phi) is 3.56. The smallest absolute Gasteiger partial charge is 0.0622 e. The summed E-state index contributed by atoms with van der Waals surface area (Å²) >= 11 is 0. The van der Waals surface area contributed by atoms with Crippen LogP contribution in [0.2, 0.25) is 0 Å². The van der Waals surface area contributed by atoms with Crippen LogP contribution in [-0.4, -0.2) is 14.1 Å². The van der Waals surface area contributed by atoms with Crippen molar-refractivity contribution >= 4 is 17.1 Å². The Morgan fingerprint density at radius 3 is 2.06 bits per heavy atom. The Labute approximate surface area is 109 Å². The average molecular weight is 240 g/mol. The van der Waals surface area contributed by atoms with Gasteiger partial charge in [0, 0.05) is 19.8 Å². The molecule has 0 saturated carbocycles. The highest BCUT2D eigenvalue weighted by atomic mass is 15.1. The molecular weight excluding hydrogens is 220 g/mol. The Bertz CT molecular complexity index is 524. The summed E-state index contributed by atoms with van der Waals surface area (Å²) in [6, 6.07) is 14.7. The van der Waals surface area contributed by atoms with E-state index in [0.717, 1.165) is 5.69 Å². The first-order chi connectivity index (χ1) is 8.59. The molecule has 2 aromatic rings. The quantitative estimate of drug-likeness (QED) is 0.868. The van der Waals surface area contributed by atoms with Crippen molar-refractivity contribution < 1.29 is 0 Å². The fourth-order valence-electron chi connectivity index (χ4n) is 2.12. The largest absolute Gasteiger partial charge is 0.376 e. The van der Waals surface area contributed by atoms with Gasteiger partial charge in [0.25, 0.3) is 0 Å². The first-order valence-electron chi connectivity index (χ1n) is 6.19. The van der Waals surface area contributed by atoms with Gasteiger partial charge in [-0.05, 0) is 37.1 Å². The van der Waals surface area contributed by atoms with Gasteiger partial charge in [0.15, 0.2) is 0 Å². The second kappa shape index (κ2) is 5.13. The number of nitrogens with zero attached hydrogens (tertiary/aromatic N) is 1. The van der Waals surface area contributed by atoms with Crippen molar-refractivity contribution in [3.05, 3.63) is 53.6 Å². The van der Waals surface area contributed by atoms with Crippen molar-refractivity contribution in [1.82, 2.24) is 0 Å². The van der Waals surface area contributed by atoms with Crippen molar-refractivity contribution in [1.29, 1.82) is 0 Å². The Morgan fingerprint density at radius 2 is 1.44 bits per heavy atom. The molecule has 1 N–H and O–H groups in total. The summed E-state index contributed by atoms with van der Waals surface area (Å²) in [4.78, 5) is 2.12. The van der Waals surface area contributed by atoms with E-state index in [-0.39, 0.29) is 0 Å². The highest BCUT2D eigenvalue weighted by Crippen LogP contribution is 2.30. The zero-order valence-corrected chi connectivity index (χ0v) is 11.5. The number of rotatable bonds is 3. The number of benzene rings is 2. The lowest BCUT2D eigenvalue weighted by molar-refractivity contribution is 1.13. The molecule has 94 valence electrons. The minimum Gasteiger partial charge on any atom is -0.376 e. The first kappa shape index (κ1) is 12.5. The second-order valence-electron chi connectivity index (χ2n) is 4.80. The number of nitrogens with one attached hydrogen (secondary N) is 1. The first-order valence-corrected chi connectivity index (χ1v) is 6.19. The zero-order valence-electron chi connectivity index (χ0n) is 11.5. The van der Waals surface area contributed by atoms with Gasteiger partial charge >= 0.3 is 0 Å². The normalized spacial score (nSPS) is 10.2. The van der Waals surface area contributed by atoms with E-state index in [2.05, 4.69) is 80.6 Å². The minimum absolute atomic E-state index is 1.14. The van der Waals surface area contributed by atoms with Gasteiger partial charge in [-0.1, -0.05) is 30.3 Å². The molecule has 2 rings (SSSR count). The van der Waals surface area contributed by atoms with Crippen LogP contribution in [0.5, 0.6) is 0 Å². The molecular formula is C16H20N2. The molecule has 2 nitrogen and oxygen atoms in total. The van der Waals surface area contributed by atoms with Crippen molar-refractivity contribution in [2.75, 3.05) is 24.3 Å². The van der Waals surface area contributed by atoms with Crippen molar-refractivity contribution in [3.8, 4) is 0 Å². The summed E-state index contributed by atoms with van der Waals surface area (Å²) in [7, 11) is 4.12. The van der Waals surface area contributed by atoms with Crippen LogP contribution in [0, 0.1) is 13.8 Å². The summed E-state index contributed by atoms with van der Waals surface area (Å²) in [5, 5.41) is 3.55. The molecule has 0 aliphatic carbocycles. The summed E-state index contributed by atoms with van der Waals surface area (Å²) in [6.45, 7) is 4.27. The lowest BCUT2D eigenvalue weighted by Gasteiger charge is -2.20. The number of anilines is 3. The van der Waals surface area contributed by atoms with E-state index in [4.69, 9.17) is 0 Å². The lowest BCUT2D eigenvalue weighted by atomic mass is 10.1. The number of hydrogen-bond acceptors (Lipinski definition) is 2. The van der Waals surface area contributed by atoms with Crippen LogP contribution in [-0.2, 0) is 0 Å². The maximum Gasteiger partial charge on any atom is 0.0622 e. The SMILES string of the molecule is Cc1cccc(C)c1Nc1ccccc1N(C)C.